The molecule has 3 heteroatoms. The van der Waals surface area contributed by atoms with Gasteiger partial charge in [-0.05, 0) is 38.0 Å². The first-order valence-corrected chi connectivity index (χ1v) is 7.20. The number of alkyl halides is 2. The van der Waals surface area contributed by atoms with Gasteiger partial charge in [0.1, 0.15) is 0 Å². The first-order chi connectivity index (χ1) is 8.47. The molecule has 2 rings (SSSR count). The van der Waals surface area contributed by atoms with Crippen LogP contribution in [0.4, 0.5) is 8.78 Å². The molecule has 0 aromatic carbocycles. The van der Waals surface area contributed by atoms with Crippen LogP contribution in [0.25, 0.3) is 0 Å². The molecular weight excluding hydrogens is 234 g/mol. The molecule has 2 aliphatic rings. The summed E-state index contributed by atoms with van der Waals surface area (Å²) in [4.78, 5) is 0. The Balaban J connectivity index is 1.75. The molecule has 1 saturated carbocycles. The van der Waals surface area contributed by atoms with Gasteiger partial charge in [-0.2, -0.15) is 8.78 Å². The molecule has 0 bridgehead atoms. The zero-order chi connectivity index (χ0) is 13.2. The van der Waals surface area contributed by atoms with Gasteiger partial charge in [-0.25, -0.2) is 0 Å². The maximum absolute atomic E-state index is 13.4. The van der Waals surface area contributed by atoms with E-state index in [0.717, 1.165) is 24.7 Å². The number of hydrogen-bond donors (Lipinski definition) is 0. The third kappa shape index (κ3) is 3.53. The van der Waals surface area contributed by atoms with Gasteiger partial charge in [-0.3, -0.25) is 0 Å². The van der Waals surface area contributed by atoms with Crippen molar-refractivity contribution in [3.63, 3.8) is 0 Å². The molecule has 0 aromatic heterocycles. The lowest BCUT2D eigenvalue weighted by molar-refractivity contribution is -0.243. The fraction of sp³-hybridized carbons (Fsp3) is 0.867. The number of rotatable bonds is 3. The second kappa shape index (κ2) is 5.68. The van der Waals surface area contributed by atoms with Crippen molar-refractivity contribution in [3.8, 4) is 0 Å². The minimum absolute atomic E-state index is 0.0604. The highest BCUT2D eigenvalue weighted by Crippen LogP contribution is 2.36. The van der Waals surface area contributed by atoms with Crippen LogP contribution in [0.5, 0.6) is 0 Å². The van der Waals surface area contributed by atoms with E-state index >= 15 is 0 Å². The molecule has 1 nitrogen and oxygen atoms in total. The highest BCUT2D eigenvalue weighted by Gasteiger charge is 2.38. The van der Waals surface area contributed by atoms with Crippen molar-refractivity contribution in [2.24, 2.45) is 11.8 Å². The lowest BCUT2D eigenvalue weighted by atomic mass is 9.80. The Morgan fingerprint density at radius 2 is 1.89 bits per heavy atom. The lowest BCUT2D eigenvalue weighted by Crippen LogP contribution is -2.33. The molecule has 0 N–H and O–H groups in total. The molecule has 1 atom stereocenters. The summed E-state index contributed by atoms with van der Waals surface area (Å²) < 4.78 is 31.6. The molecule has 18 heavy (non-hydrogen) atoms. The summed E-state index contributed by atoms with van der Waals surface area (Å²) in [5.74, 6) is 1.58. The Labute approximate surface area is 109 Å². The van der Waals surface area contributed by atoms with E-state index in [2.05, 4.69) is 6.92 Å². The average molecular weight is 258 g/mol. The van der Waals surface area contributed by atoms with E-state index in [0.29, 0.717) is 6.42 Å². The Morgan fingerprint density at radius 1 is 1.22 bits per heavy atom. The average Bonchev–Trinajstić information content (AvgIpc) is 2.32. The van der Waals surface area contributed by atoms with Crippen molar-refractivity contribution >= 4 is 0 Å². The standard InChI is InChI=1S/C15H24F2O/c1-11-3-6-13(7-4-11)8-10-14-9-5-12(2)15(16,17)18-14/h5,11,13-14H,3-4,6-10H2,1-2H3. The van der Waals surface area contributed by atoms with Crippen molar-refractivity contribution in [1.82, 2.24) is 0 Å². The van der Waals surface area contributed by atoms with E-state index in [1.165, 1.54) is 32.6 Å². The molecule has 1 aliphatic carbocycles. The molecule has 1 heterocycles. The molecule has 0 spiro atoms. The van der Waals surface area contributed by atoms with Crippen LogP contribution in [-0.4, -0.2) is 12.2 Å². The molecule has 1 aliphatic heterocycles. The lowest BCUT2D eigenvalue weighted by Gasteiger charge is -2.31. The van der Waals surface area contributed by atoms with Crippen LogP contribution in [0.3, 0.4) is 0 Å². The summed E-state index contributed by atoms with van der Waals surface area (Å²) >= 11 is 0. The first-order valence-electron chi connectivity index (χ1n) is 7.20. The van der Waals surface area contributed by atoms with Crippen LogP contribution in [-0.2, 0) is 4.74 Å². The summed E-state index contributed by atoms with van der Waals surface area (Å²) in [5.41, 5.74) is 0.0604. The monoisotopic (exact) mass is 258 g/mol. The number of hydrogen-bond acceptors (Lipinski definition) is 1. The van der Waals surface area contributed by atoms with Crippen LogP contribution in [0.2, 0.25) is 0 Å². The highest BCUT2D eigenvalue weighted by atomic mass is 19.3. The van der Waals surface area contributed by atoms with Crippen molar-refractivity contribution < 1.29 is 13.5 Å². The summed E-state index contributed by atoms with van der Waals surface area (Å²) in [6.45, 7) is 3.74. The van der Waals surface area contributed by atoms with Crippen LogP contribution >= 0.6 is 0 Å². The topological polar surface area (TPSA) is 9.23 Å². The summed E-state index contributed by atoms with van der Waals surface area (Å²) in [6.07, 6.45) is 5.89. The molecule has 0 saturated heterocycles. The van der Waals surface area contributed by atoms with E-state index in [1.807, 2.05) is 0 Å². The Hall–Kier alpha value is -0.440. The normalized spacial score (nSPS) is 36.2. The predicted molar refractivity (Wildman–Crippen MR) is 68.6 cm³/mol. The smallest absolute Gasteiger partial charge is 0.313 e. The SMILES string of the molecule is CC1=CCC(CCC2CCC(C)CC2)OC1(F)F. The summed E-state index contributed by atoms with van der Waals surface area (Å²) in [7, 11) is 0. The van der Waals surface area contributed by atoms with Crippen LogP contribution in [0, 0.1) is 11.8 Å². The zero-order valence-corrected chi connectivity index (χ0v) is 11.4. The van der Waals surface area contributed by atoms with E-state index in [1.54, 1.807) is 6.08 Å². The van der Waals surface area contributed by atoms with Gasteiger partial charge in [0.2, 0.25) is 0 Å². The van der Waals surface area contributed by atoms with Crippen molar-refractivity contribution in [1.29, 1.82) is 0 Å². The van der Waals surface area contributed by atoms with Crippen molar-refractivity contribution in [2.75, 3.05) is 0 Å². The minimum Gasteiger partial charge on any atom is -0.313 e. The third-order valence-electron chi connectivity index (χ3n) is 4.49. The largest absolute Gasteiger partial charge is 0.379 e. The third-order valence-corrected chi connectivity index (χ3v) is 4.49. The van der Waals surface area contributed by atoms with Gasteiger partial charge in [0.05, 0.1) is 6.10 Å². The van der Waals surface area contributed by atoms with Gasteiger partial charge in [0.25, 0.3) is 0 Å². The van der Waals surface area contributed by atoms with E-state index in [4.69, 9.17) is 4.74 Å². The summed E-state index contributed by atoms with van der Waals surface area (Å²) in [5, 5.41) is 0. The van der Waals surface area contributed by atoms with Crippen LogP contribution in [0.1, 0.15) is 58.8 Å². The van der Waals surface area contributed by atoms with Gasteiger partial charge in [-0.1, -0.05) is 38.7 Å². The number of halogens is 2. The van der Waals surface area contributed by atoms with Gasteiger partial charge in [0, 0.05) is 5.57 Å². The van der Waals surface area contributed by atoms with Crippen molar-refractivity contribution in [2.45, 2.75) is 71.0 Å². The van der Waals surface area contributed by atoms with E-state index < -0.39 is 6.11 Å². The van der Waals surface area contributed by atoms with E-state index in [-0.39, 0.29) is 11.7 Å². The Morgan fingerprint density at radius 3 is 2.50 bits per heavy atom. The second-order valence-corrected chi connectivity index (χ2v) is 6.08. The molecule has 104 valence electrons. The molecule has 0 amide bonds. The minimum atomic E-state index is -3.04. The number of ether oxygens (including phenoxy) is 1. The summed E-state index contributed by atoms with van der Waals surface area (Å²) in [6, 6.07) is 0. The van der Waals surface area contributed by atoms with Crippen LogP contribution in [0.15, 0.2) is 11.6 Å². The zero-order valence-electron chi connectivity index (χ0n) is 11.4. The Bertz CT molecular complexity index is 304. The maximum Gasteiger partial charge on any atom is 0.379 e. The second-order valence-electron chi connectivity index (χ2n) is 6.08. The van der Waals surface area contributed by atoms with Gasteiger partial charge in [-0.15, -0.1) is 0 Å². The van der Waals surface area contributed by atoms with E-state index in [9.17, 15) is 8.78 Å². The van der Waals surface area contributed by atoms with Crippen molar-refractivity contribution in [3.05, 3.63) is 11.6 Å². The molecule has 0 aromatic rings. The fourth-order valence-electron chi connectivity index (χ4n) is 2.99. The van der Waals surface area contributed by atoms with Gasteiger partial charge < -0.3 is 4.74 Å². The predicted octanol–water partition coefficient (Wildman–Crippen LogP) is 4.92. The molecule has 1 fully saturated rings. The molecular formula is C15H24F2O. The molecule has 1 unspecified atom stereocenters. The molecule has 0 radical (unpaired) electrons. The maximum atomic E-state index is 13.4. The van der Waals surface area contributed by atoms with Gasteiger partial charge >= 0.3 is 6.11 Å². The highest BCUT2D eigenvalue weighted by molar-refractivity contribution is 5.09. The first kappa shape index (κ1) is 14.0. The fourth-order valence-corrected chi connectivity index (χ4v) is 2.99. The Kier molecular flexibility index (Phi) is 4.41. The van der Waals surface area contributed by atoms with Gasteiger partial charge in [0.15, 0.2) is 0 Å². The quantitative estimate of drug-likeness (QED) is 0.653. The van der Waals surface area contributed by atoms with Crippen LogP contribution < -0.4 is 0 Å².